The van der Waals surface area contributed by atoms with E-state index in [4.69, 9.17) is 5.73 Å². The second-order valence-corrected chi connectivity index (χ2v) is 6.46. The van der Waals surface area contributed by atoms with Crippen LogP contribution < -0.4 is 5.73 Å². The fourth-order valence-electron chi connectivity index (χ4n) is 2.34. The summed E-state index contributed by atoms with van der Waals surface area (Å²) in [6.07, 6.45) is 0.858. The summed E-state index contributed by atoms with van der Waals surface area (Å²) in [4.78, 5) is 0. The predicted molar refractivity (Wildman–Crippen MR) is 86.6 cm³/mol. The van der Waals surface area contributed by atoms with Crippen molar-refractivity contribution < 1.29 is 0 Å². The van der Waals surface area contributed by atoms with Crippen molar-refractivity contribution >= 4 is 37.4 Å². The van der Waals surface area contributed by atoms with Crippen molar-refractivity contribution in [2.45, 2.75) is 12.5 Å². The molecule has 0 saturated carbocycles. The van der Waals surface area contributed by atoms with Gasteiger partial charge in [-0.3, -0.25) is 0 Å². The van der Waals surface area contributed by atoms with Crippen LogP contribution in [0.1, 0.15) is 17.2 Å². The first-order chi connectivity index (χ1) is 9.24. The van der Waals surface area contributed by atoms with E-state index in [2.05, 4.69) is 63.8 Å². The van der Waals surface area contributed by atoms with Crippen LogP contribution in [0.15, 0.2) is 58.4 Å². The van der Waals surface area contributed by atoms with Gasteiger partial charge in [0.15, 0.2) is 0 Å². The lowest BCUT2D eigenvalue weighted by molar-refractivity contribution is 0.729. The Labute approximate surface area is 125 Å². The quantitative estimate of drug-likeness (QED) is 0.725. The standard InChI is InChI=1S/C16H14BrNS/c17-13-5-1-3-11(9-13)10-15(18)14-6-2-4-12-7-8-19-16(12)14/h1-9,15H,10,18H2. The van der Waals surface area contributed by atoms with Crippen molar-refractivity contribution in [2.24, 2.45) is 5.73 Å². The molecule has 0 spiro atoms. The van der Waals surface area contributed by atoms with Crippen LogP contribution in [0.4, 0.5) is 0 Å². The number of hydrogen-bond donors (Lipinski definition) is 1. The van der Waals surface area contributed by atoms with E-state index >= 15 is 0 Å². The third-order valence-corrected chi connectivity index (χ3v) is 4.73. The molecular formula is C16H14BrNS. The van der Waals surface area contributed by atoms with E-state index in [9.17, 15) is 0 Å². The van der Waals surface area contributed by atoms with Crippen molar-refractivity contribution in [2.75, 3.05) is 0 Å². The predicted octanol–water partition coefficient (Wildman–Crippen LogP) is 4.91. The highest BCUT2D eigenvalue weighted by Gasteiger charge is 2.11. The number of hydrogen-bond acceptors (Lipinski definition) is 2. The van der Waals surface area contributed by atoms with Gasteiger partial charge < -0.3 is 5.73 Å². The summed E-state index contributed by atoms with van der Waals surface area (Å²) in [5.41, 5.74) is 8.90. The molecule has 19 heavy (non-hydrogen) atoms. The fraction of sp³-hybridized carbons (Fsp3) is 0.125. The van der Waals surface area contributed by atoms with Crippen molar-refractivity contribution in [3.05, 3.63) is 69.5 Å². The zero-order valence-corrected chi connectivity index (χ0v) is 12.7. The SMILES string of the molecule is NC(Cc1cccc(Br)c1)c1cccc2ccsc12. The van der Waals surface area contributed by atoms with Crippen LogP contribution >= 0.6 is 27.3 Å². The lowest BCUT2D eigenvalue weighted by atomic mass is 9.99. The van der Waals surface area contributed by atoms with Gasteiger partial charge in [0.05, 0.1) is 0 Å². The first-order valence-electron chi connectivity index (χ1n) is 6.20. The first-order valence-corrected chi connectivity index (χ1v) is 7.87. The highest BCUT2D eigenvalue weighted by Crippen LogP contribution is 2.29. The molecule has 0 radical (unpaired) electrons. The van der Waals surface area contributed by atoms with Crippen LogP contribution in [0.5, 0.6) is 0 Å². The average Bonchev–Trinajstić information content (AvgIpc) is 2.86. The van der Waals surface area contributed by atoms with Gasteiger partial charge in [-0.15, -0.1) is 11.3 Å². The molecule has 1 heterocycles. The van der Waals surface area contributed by atoms with Gasteiger partial charge in [0.1, 0.15) is 0 Å². The average molecular weight is 332 g/mol. The van der Waals surface area contributed by atoms with Gasteiger partial charge in [-0.25, -0.2) is 0 Å². The Bertz CT molecular complexity index is 705. The maximum absolute atomic E-state index is 6.39. The molecule has 0 saturated heterocycles. The van der Waals surface area contributed by atoms with Crippen molar-refractivity contribution in [1.82, 2.24) is 0 Å². The van der Waals surface area contributed by atoms with Crippen LogP contribution in [-0.2, 0) is 6.42 Å². The maximum atomic E-state index is 6.39. The van der Waals surface area contributed by atoms with E-state index in [-0.39, 0.29) is 6.04 Å². The van der Waals surface area contributed by atoms with E-state index < -0.39 is 0 Å². The van der Waals surface area contributed by atoms with Crippen LogP contribution in [0, 0.1) is 0 Å². The Balaban J connectivity index is 1.91. The summed E-state index contributed by atoms with van der Waals surface area (Å²) in [5, 5.41) is 3.41. The van der Waals surface area contributed by atoms with Crippen molar-refractivity contribution in [3.8, 4) is 0 Å². The number of rotatable bonds is 3. The molecule has 1 nitrogen and oxygen atoms in total. The van der Waals surface area contributed by atoms with Gasteiger partial charge in [0.25, 0.3) is 0 Å². The molecule has 3 aromatic rings. The largest absolute Gasteiger partial charge is 0.324 e. The normalized spacial score (nSPS) is 12.7. The Morgan fingerprint density at radius 1 is 1.11 bits per heavy atom. The maximum Gasteiger partial charge on any atom is 0.0390 e. The zero-order chi connectivity index (χ0) is 13.2. The molecule has 1 aromatic heterocycles. The van der Waals surface area contributed by atoms with Gasteiger partial charge in [-0.1, -0.05) is 46.3 Å². The van der Waals surface area contributed by atoms with E-state index in [1.54, 1.807) is 11.3 Å². The van der Waals surface area contributed by atoms with Gasteiger partial charge in [0, 0.05) is 15.2 Å². The summed E-state index contributed by atoms with van der Waals surface area (Å²) in [6.45, 7) is 0. The zero-order valence-electron chi connectivity index (χ0n) is 10.3. The minimum atomic E-state index is 0.0386. The first kappa shape index (κ1) is 12.9. The molecule has 96 valence electrons. The topological polar surface area (TPSA) is 26.0 Å². The molecule has 0 fully saturated rings. The Kier molecular flexibility index (Phi) is 3.69. The number of fused-ring (bicyclic) bond motifs is 1. The fourth-order valence-corrected chi connectivity index (χ4v) is 3.76. The van der Waals surface area contributed by atoms with E-state index in [1.165, 1.54) is 21.2 Å². The Morgan fingerprint density at radius 2 is 1.95 bits per heavy atom. The molecule has 2 aromatic carbocycles. The lowest BCUT2D eigenvalue weighted by Crippen LogP contribution is -2.13. The van der Waals surface area contributed by atoms with Crippen LogP contribution in [0.2, 0.25) is 0 Å². The molecule has 3 heteroatoms. The van der Waals surface area contributed by atoms with Gasteiger partial charge in [0.2, 0.25) is 0 Å². The smallest absolute Gasteiger partial charge is 0.0390 e. The Morgan fingerprint density at radius 3 is 2.79 bits per heavy atom. The molecule has 0 aliphatic heterocycles. The number of halogens is 1. The molecule has 0 aliphatic carbocycles. The summed E-state index contributed by atoms with van der Waals surface area (Å²) < 4.78 is 2.41. The van der Waals surface area contributed by atoms with Crippen molar-refractivity contribution in [3.63, 3.8) is 0 Å². The summed E-state index contributed by atoms with van der Waals surface area (Å²) >= 11 is 5.27. The lowest BCUT2D eigenvalue weighted by Gasteiger charge is -2.13. The Hall–Kier alpha value is -1.16. The third-order valence-electron chi connectivity index (χ3n) is 3.25. The van der Waals surface area contributed by atoms with Crippen molar-refractivity contribution in [1.29, 1.82) is 0 Å². The minimum absolute atomic E-state index is 0.0386. The number of benzene rings is 2. The van der Waals surface area contributed by atoms with Crippen LogP contribution in [0.25, 0.3) is 10.1 Å². The van der Waals surface area contributed by atoms with Gasteiger partial charge in [-0.05, 0) is 46.5 Å². The second kappa shape index (κ2) is 5.45. The van der Waals surface area contributed by atoms with Crippen LogP contribution in [0.3, 0.4) is 0 Å². The molecule has 1 unspecified atom stereocenters. The molecule has 0 aliphatic rings. The highest BCUT2D eigenvalue weighted by molar-refractivity contribution is 9.10. The molecule has 1 atom stereocenters. The van der Waals surface area contributed by atoms with Gasteiger partial charge in [-0.2, -0.15) is 0 Å². The summed E-state index contributed by atoms with van der Waals surface area (Å²) in [7, 11) is 0. The number of nitrogens with two attached hydrogens (primary N) is 1. The van der Waals surface area contributed by atoms with E-state index in [0.29, 0.717) is 0 Å². The monoisotopic (exact) mass is 331 g/mol. The third kappa shape index (κ3) is 2.73. The summed E-state index contributed by atoms with van der Waals surface area (Å²) in [6, 6.07) is 16.9. The van der Waals surface area contributed by atoms with Gasteiger partial charge >= 0.3 is 0 Å². The second-order valence-electron chi connectivity index (χ2n) is 4.63. The van der Waals surface area contributed by atoms with E-state index in [0.717, 1.165) is 10.9 Å². The molecular weight excluding hydrogens is 318 g/mol. The summed E-state index contributed by atoms with van der Waals surface area (Å²) in [5.74, 6) is 0. The molecule has 0 amide bonds. The minimum Gasteiger partial charge on any atom is -0.324 e. The van der Waals surface area contributed by atoms with E-state index in [1.807, 2.05) is 6.07 Å². The van der Waals surface area contributed by atoms with Crippen LogP contribution in [-0.4, -0.2) is 0 Å². The highest BCUT2D eigenvalue weighted by atomic mass is 79.9. The molecule has 3 rings (SSSR count). The number of thiophene rings is 1. The molecule has 0 bridgehead atoms. The molecule has 2 N–H and O–H groups in total.